The summed E-state index contributed by atoms with van der Waals surface area (Å²) in [6.07, 6.45) is 5.03. The maximum Gasteiger partial charge on any atom is 0.123 e. The highest BCUT2D eigenvalue weighted by Gasteiger charge is 2.37. The van der Waals surface area contributed by atoms with Crippen molar-refractivity contribution in [2.75, 3.05) is 7.05 Å². The number of rotatable bonds is 5. The van der Waals surface area contributed by atoms with Crippen molar-refractivity contribution in [2.45, 2.75) is 62.6 Å². The van der Waals surface area contributed by atoms with E-state index in [-0.39, 0.29) is 5.82 Å². The zero-order valence-electron chi connectivity index (χ0n) is 13.7. The van der Waals surface area contributed by atoms with Gasteiger partial charge in [-0.05, 0) is 61.9 Å². The van der Waals surface area contributed by atoms with Crippen LogP contribution in [0.5, 0.6) is 0 Å². The largest absolute Gasteiger partial charge is 0.316 e. The number of thioether (sulfide) groups is 1. The van der Waals surface area contributed by atoms with Crippen LogP contribution in [0.4, 0.5) is 4.39 Å². The van der Waals surface area contributed by atoms with Gasteiger partial charge in [0, 0.05) is 16.2 Å². The van der Waals surface area contributed by atoms with Gasteiger partial charge in [0.1, 0.15) is 5.82 Å². The van der Waals surface area contributed by atoms with E-state index in [1.165, 1.54) is 30.6 Å². The average molecular weight is 309 g/mol. The summed E-state index contributed by atoms with van der Waals surface area (Å²) in [6, 6.07) is 7.49. The van der Waals surface area contributed by atoms with E-state index >= 15 is 0 Å². The summed E-state index contributed by atoms with van der Waals surface area (Å²) in [4.78, 5) is 1.18. The molecule has 0 spiro atoms. The number of halogens is 1. The van der Waals surface area contributed by atoms with Gasteiger partial charge in [-0.25, -0.2) is 4.39 Å². The van der Waals surface area contributed by atoms with Gasteiger partial charge in [-0.1, -0.05) is 27.2 Å². The van der Waals surface area contributed by atoms with Crippen LogP contribution < -0.4 is 5.32 Å². The quantitative estimate of drug-likeness (QED) is 0.811. The lowest BCUT2D eigenvalue weighted by Gasteiger charge is -2.43. The lowest BCUT2D eigenvalue weighted by molar-refractivity contribution is 0.142. The topological polar surface area (TPSA) is 12.0 Å². The Balaban J connectivity index is 2.08. The van der Waals surface area contributed by atoms with E-state index in [1.807, 2.05) is 23.9 Å². The first-order valence-electron chi connectivity index (χ1n) is 8.05. The second-order valence-electron chi connectivity index (χ2n) is 6.86. The van der Waals surface area contributed by atoms with Gasteiger partial charge in [-0.2, -0.15) is 0 Å². The molecule has 1 aliphatic rings. The highest BCUT2D eigenvalue weighted by molar-refractivity contribution is 8.00. The molecule has 1 saturated carbocycles. The van der Waals surface area contributed by atoms with E-state index in [9.17, 15) is 4.39 Å². The van der Waals surface area contributed by atoms with Crippen molar-refractivity contribution in [3.8, 4) is 0 Å². The Morgan fingerprint density at radius 1 is 1.24 bits per heavy atom. The fourth-order valence-electron chi connectivity index (χ4n) is 3.28. The zero-order chi connectivity index (χ0) is 15.5. The molecule has 118 valence electrons. The summed E-state index contributed by atoms with van der Waals surface area (Å²) < 4.78 is 13.1. The molecule has 0 amide bonds. The summed E-state index contributed by atoms with van der Waals surface area (Å²) in [6.45, 7) is 7.10. The number of hydrogen-bond acceptors (Lipinski definition) is 2. The van der Waals surface area contributed by atoms with Gasteiger partial charge < -0.3 is 5.32 Å². The molecule has 0 radical (unpaired) electrons. The smallest absolute Gasteiger partial charge is 0.123 e. The van der Waals surface area contributed by atoms with Gasteiger partial charge in [0.25, 0.3) is 0 Å². The Morgan fingerprint density at radius 2 is 1.90 bits per heavy atom. The third-order valence-electron chi connectivity index (χ3n) is 5.28. The Bertz CT molecular complexity index is 443. The van der Waals surface area contributed by atoms with Gasteiger partial charge in [-0.3, -0.25) is 0 Å². The van der Waals surface area contributed by atoms with Crippen LogP contribution in [0.1, 0.15) is 46.5 Å². The Kier molecular flexibility index (Phi) is 5.73. The van der Waals surface area contributed by atoms with Crippen LogP contribution in [0, 0.1) is 17.2 Å². The Morgan fingerprint density at radius 3 is 2.48 bits per heavy atom. The first-order chi connectivity index (χ1) is 9.96. The summed E-state index contributed by atoms with van der Waals surface area (Å²) in [7, 11) is 2.06. The standard InChI is InChI=1S/C18H28FNS/c1-5-18(2,3)13-6-11-16(20-4)17(12-13)21-15-9-7-14(19)8-10-15/h7-10,13,16-17,20H,5-6,11-12H2,1-4H3. The molecular formula is C18H28FNS. The molecule has 3 atom stereocenters. The zero-order valence-corrected chi connectivity index (χ0v) is 14.5. The highest BCUT2D eigenvalue weighted by atomic mass is 32.2. The molecule has 1 aromatic carbocycles. The van der Waals surface area contributed by atoms with Gasteiger partial charge >= 0.3 is 0 Å². The average Bonchev–Trinajstić information content (AvgIpc) is 2.49. The van der Waals surface area contributed by atoms with Crippen molar-refractivity contribution >= 4 is 11.8 Å². The molecule has 1 fully saturated rings. The van der Waals surface area contributed by atoms with E-state index < -0.39 is 0 Å². The molecule has 3 unspecified atom stereocenters. The fraction of sp³-hybridized carbons (Fsp3) is 0.667. The summed E-state index contributed by atoms with van der Waals surface area (Å²) in [5.41, 5.74) is 0.417. The predicted octanol–water partition coefficient (Wildman–Crippen LogP) is 5.11. The molecule has 1 aliphatic carbocycles. The summed E-state index contributed by atoms with van der Waals surface area (Å²) in [5, 5.41) is 4.05. The Labute approximate surface area is 133 Å². The minimum Gasteiger partial charge on any atom is -0.316 e. The van der Waals surface area contributed by atoms with Crippen molar-refractivity contribution in [1.82, 2.24) is 5.32 Å². The van der Waals surface area contributed by atoms with Gasteiger partial charge in [0.05, 0.1) is 0 Å². The molecule has 0 heterocycles. The molecule has 21 heavy (non-hydrogen) atoms. The predicted molar refractivity (Wildman–Crippen MR) is 90.3 cm³/mol. The van der Waals surface area contributed by atoms with E-state index in [0.717, 1.165) is 5.92 Å². The van der Waals surface area contributed by atoms with E-state index in [1.54, 1.807) is 12.1 Å². The van der Waals surface area contributed by atoms with Gasteiger partial charge in [0.15, 0.2) is 0 Å². The second kappa shape index (κ2) is 7.15. The summed E-state index contributed by atoms with van der Waals surface area (Å²) >= 11 is 1.91. The van der Waals surface area contributed by atoms with Crippen LogP contribution in [0.2, 0.25) is 0 Å². The highest BCUT2D eigenvalue weighted by Crippen LogP contribution is 2.44. The van der Waals surface area contributed by atoms with Crippen LogP contribution in [0.3, 0.4) is 0 Å². The molecule has 2 rings (SSSR count). The van der Waals surface area contributed by atoms with E-state index in [0.29, 0.717) is 16.7 Å². The fourth-order valence-corrected chi connectivity index (χ4v) is 4.68. The third kappa shape index (κ3) is 4.23. The summed E-state index contributed by atoms with van der Waals surface area (Å²) in [5.74, 6) is 0.628. The molecular weight excluding hydrogens is 281 g/mol. The van der Waals surface area contributed by atoms with Crippen molar-refractivity contribution in [2.24, 2.45) is 11.3 Å². The maximum absolute atomic E-state index is 13.1. The molecule has 0 aliphatic heterocycles. The van der Waals surface area contributed by atoms with Crippen LogP contribution in [-0.2, 0) is 0 Å². The monoisotopic (exact) mass is 309 g/mol. The van der Waals surface area contributed by atoms with Crippen molar-refractivity contribution in [1.29, 1.82) is 0 Å². The van der Waals surface area contributed by atoms with Crippen LogP contribution in [-0.4, -0.2) is 18.3 Å². The Hall–Kier alpha value is -0.540. The van der Waals surface area contributed by atoms with Gasteiger partial charge in [-0.15, -0.1) is 11.8 Å². The van der Waals surface area contributed by atoms with Gasteiger partial charge in [0.2, 0.25) is 0 Å². The molecule has 3 heteroatoms. The third-order valence-corrected chi connectivity index (χ3v) is 6.65. The first kappa shape index (κ1) is 16.8. The minimum absolute atomic E-state index is 0.154. The number of hydrogen-bond donors (Lipinski definition) is 1. The molecule has 1 nitrogen and oxygen atoms in total. The molecule has 1 aromatic rings. The molecule has 0 saturated heterocycles. The lowest BCUT2D eigenvalue weighted by atomic mass is 9.68. The number of benzene rings is 1. The van der Waals surface area contributed by atoms with Crippen LogP contribution in [0.25, 0.3) is 0 Å². The van der Waals surface area contributed by atoms with Crippen LogP contribution in [0.15, 0.2) is 29.2 Å². The lowest BCUT2D eigenvalue weighted by Crippen LogP contribution is -2.43. The van der Waals surface area contributed by atoms with Crippen molar-refractivity contribution in [3.63, 3.8) is 0 Å². The number of nitrogens with one attached hydrogen (secondary N) is 1. The van der Waals surface area contributed by atoms with E-state index in [2.05, 4.69) is 33.1 Å². The molecule has 0 aromatic heterocycles. The van der Waals surface area contributed by atoms with Crippen molar-refractivity contribution in [3.05, 3.63) is 30.1 Å². The molecule has 1 N–H and O–H groups in total. The van der Waals surface area contributed by atoms with E-state index in [4.69, 9.17) is 0 Å². The minimum atomic E-state index is -0.154. The first-order valence-corrected chi connectivity index (χ1v) is 8.93. The maximum atomic E-state index is 13.1. The SMILES string of the molecule is CCC(C)(C)C1CCC(NC)C(Sc2ccc(F)cc2)C1. The second-order valence-corrected chi connectivity index (χ2v) is 8.17. The normalized spacial score (nSPS) is 26.8. The van der Waals surface area contributed by atoms with Crippen LogP contribution >= 0.6 is 11.8 Å². The molecule has 0 bridgehead atoms. The van der Waals surface area contributed by atoms with Crippen molar-refractivity contribution < 1.29 is 4.39 Å².